The summed E-state index contributed by atoms with van der Waals surface area (Å²) in [6, 6.07) is 0. The summed E-state index contributed by atoms with van der Waals surface area (Å²) in [6.07, 6.45) is 1.08. The molecule has 0 bridgehead atoms. The van der Waals surface area contributed by atoms with Gasteiger partial charge in [0.2, 0.25) is 5.78 Å². The van der Waals surface area contributed by atoms with Crippen LogP contribution in [0.5, 0.6) is 0 Å². The summed E-state index contributed by atoms with van der Waals surface area (Å²) < 4.78 is 16.8. The Morgan fingerprint density at radius 3 is 2.33 bits per heavy atom. The number of hydrogen-bond acceptors (Lipinski definition) is 6. The molecule has 3 aliphatic heterocycles. The number of ketones is 3. The van der Waals surface area contributed by atoms with Crippen LogP contribution < -0.4 is 0 Å². The normalized spacial score (nSPS) is 46.4. The summed E-state index contributed by atoms with van der Waals surface area (Å²) in [5.74, 6) is -0.424. The molecule has 0 aromatic rings. The monoisotopic (exact) mass is 294 g/mol. The highest BCUT2D eigenvalue weighted by Crippen LogP contribution is 2.41. The largest absolute Gasteiger partial charge is 0.484 e. The molecule has 0 spiro atoms. The lowest BCUT2D eigenvalue weighted by molar-refractivity contribution is -0.174. The molecule has 0 aliphatic carbocycles. The molecule has 6 heteroatoms. The minimum Gasteiger partial charge on any atom is -0.484 e. The number of carbonyl (C=O) groups is 3. The van der Waals surface area contributed by atoms with E-state index in [9.17, 15) is 14.4 Å². The van der Waals surface area contributed by atoms with Gasteiger partial charge in [0, 0.05) is 18.9 Å². The van der Waals surface area contributed by atoms with Crippen LogP contribution in [-0.4, -0.2) is 46.9 Å². The second-order valence-electron chi connectivity index (χ2n) is 6.17. The molecule has 0 radical (unpaired) electrons. The van der Waals surface area contributed by atoms with E-state index in [-0.39, 0.29) is 30.2 Å². The smallest absolute Gasteiger partial charge is 0.204 e. The Morgan fingerprint density at radius 2 is 1.81 bits per heavy atom. The van der Waals surface area contributed by atoms with Crippen molar-refractivity contribution in [1.82, 2.24) is 0 Å². The van der Waals surface area contributed by atoms with Crippen LogP contribution >= 0.6 is 0 Å². The van der Waals surface area contributed by atoms with E-state index in [4.69, 9.17) is 14.2 Å². The second kappa shape index (κ2) is 4.48. The minimum atomic E-state index is -1.21. The fourth-order valence-corrected chi connectivity index (χ4v) is 3.08. The highest BCUT2D eigenvalue weighted by atomic mass is 16.6. The van der Waals surface area contributed by atoms with Gasteiger partial charge in [0.15, 0.2) is 22.8 Å². The fourth-order valence-electron chi connectivity index (χ4n) is 3.08. The number of ether oxygens (including phenoxy) is 3. The molecule has 3 aliphatic rings. The van der Waals surface area contributed by atoms with Crippen LogP contribution in [0.25, 0.3) is 0 Å². The third-order valence-corrected chi connectivity index (χ3v) is 4.77. The maximum atomic E-state index is 12.4. The van der Waals surface area contributed by atoms with Crippen molar-refractivity contribution in [3.05, 3.63) is 12.3 Å². The highest BCUT2D eigenvalue weighted by molar-refractivity contribution is 6.00. The van der Waals surface area contributed by atoms with Crippen LogP contribution in [0.2, 0.25) is 0 Å². The lowest BCUT2D eigenvalue weighted by Crippen LogP contribution is -2.49. The Labute approximate surface area is 122 Å². The van der Waals surface area contributed by atoms with Gasteiger partial charge < -0.3 is 14.2 Å². The number of hydrogen-bond donors (Lipinski definition) is 0. The molecule has 3 heterocycles. The van der Waals surface area contributed by atoms with Crippen molar-refractivity contribution in [3.8, 4) is 0 Å². The maximum absolute atomic E-state index is 12.4. The van der Waals surface area contributed by atoms with Gasteiger partial charge in [-0.25, -0.2) is 0 Å². The van der Waals surface area contributed by atoms with Gasteiger partial charge in [-0.05, 0) is 20.8 Å². The molecule has 0 amide bonds. The first-order valence-corrected chi connectivity index (χ1v) is 7.05. The SMILES string of the molecule is C[C@H]1O[C@H]([C@]2(C)O[C@@H]([C@@]3(C)OC=CC3=O)CC2=O)CC1=O. The zero-order valence-corrected chi connectivity index (χ0v) is 12.3. The Balaban J connectivity index is 1.82. The van der Waals surface area contributed by atoms with Crippen LogP contribution in [0.15, 0.2) is 12.3 Å². The van der Waals surface area contributed by atoms with Gasteiger partial charge in [0.25, 0.3) is 0 Å². The summed E-state index contributed by atoms with van der Waals surface area (Å²) in [5.41, 5.74) is -2.39. The average molecular weight is 294 g/mol. The molecule has 0 aromatic carbocycles. The predicted molar refractivity (Wildman–Crippen MR) is 70.5 cm³/mol. The maximum Gasteiger partial charge on any atom is 0.204 e. The average Bonchev–Trinajstić information content (AvgIpc) is 3.03. The number of Topliss-reactive ketones (excluding diaryl/α,β-unsaturated/α-hetero) is 2. The number of rotatable bonds is 2. The van der Waals surface area contributed by atoms with Gasteiger partial charge in [-0.15, -0.1) is 0 Å². The van der Waals surface area contributed by atoms with Crippen LogP contribution in [0.3, 0.4) is 0 Å². The van der Waals surface area contributed by atoms with Crippen LogP contribution in [0.1, 0.15) is 33.6 Å². The van der Waals surface area contributed by atoms with Gasteiger partial charge in [-0.1, -0.05) is 0 Å². The molecular weight excluding hydrogens is 276 g/mol. The second-order valence-corrected chi connectivity index (χ2v) is 6.17. The first kappa shape index (κ1) is 14.4. The Bertz CT molecular complexity index is 552. The van der Waals surface area contributed by atoms with E-state index in [1.54, 1.807) is 20.8 Å². The Kier molecular flexibility index (Phi) is 3.07. The lowest BCUT2D eigenvalue weighted by Gasteiger charge is -2.33. The van der Waals surface area contributed by atoms with Gasteiger partial charge >= 0.3 is 0 Å². The number of carbonyl (C=O) groups excluding carboxylic acids is 3. The summed E-state index contributed by atoms with van der Waals surface area (Å²) in [5, 5.41) is 0. The first-order valence-electron chi connectivity index (χ1n) is 7.05. The fraction of sp³-hybridized carbons (Fsp3) is 0.667. The molecular formula is C15H18O6. The molecule has 0 saturated carbocycles. The lowest BCUT2D eigenvalue weighted by atomic mass is 9.89. The molecule has 0 unspecified atom stereocenters. The Hall–Kier alpha value is -1.53. The Morgan fingerprint density at radius 1 is 1.10 bits per heavy atom. The van der Waals surface area contributed by atoms with Crippen molar-refractivity contribution in [2.45, 2.75) is 63.1 Å². The van der Waals surface area contributed by atoms with E-state index in [2.05, 4.69) is 0 Å². The molecule has 21 heavy (non-hydrogen) atoms. The zero-order chi connectivity index (χ0) is 15.4. The molecule has 3 rings (SSSR count). The minimum absolute atomic E-state index is 0.0397. The van der Waals surface area contributed by atoms with Crippen molar-refractivity contribution in [2.75, 3.05) is 0 Å². The molecule has 0 aromatic heterocycles. The highest BCUT2D eigenvalue weighted by Gasteiger charge is 2.60. The molecule has 6 nitrogen and oxygen atoms in total. The third-order valence-electron chi connectivity index (χ3n) is 4.77. The summed E-state index contributed by atoms with van der Waals surface area (Å²) in [4.78, 5) is 36.0. The molecule has 2 saturated heterocycles. The quantitative estimate of drug-likeness (QED) is 0.746. The van der Waals surface area contributed by atoms with Gasteiger partial charge in [-0.2, -0.15) is 0 Å². The van der Waals surface area contributed by atoms with Crippen molar-refractivity contribution < 1.29 is 28.6 Å². The molecule has 114 valence electrons. The van der Waals surface area contributed by atoms with Gasteiger partial charge in [-0.3, -0.25) is 14.4 Å². The summed E-state index contributed by atoms with van der Waals surface area (Å²) >= 11 is 0. The van der Waals surface area contributed by atoms with E-state index < -0.39 is 29.5 Å². The molecule has 5 atom stereocenters. The van der Waals surface area contributed by atoms with E-state index in [0.29, 0.717) is 0 Å². The first-order chi connectivity index (χ1) is 9.77. The van der Waals surface area contributed by atoms with Crippen LogP contribution in [0, 0.1) is 0 Å². The van der Waals surface area contributed by atoms with Crippen LogP contribution in [-0.2, 0) is 28.6 Å². The van der Waals surface area contributed by atoms with Crippen molar-refractivity contribution >= 4 is 17.3 Å². The predicted octanol–water partition coefficient (Wildman–Crippen LogP) is 0.721. The molecule has 0 N–H and O–H groups in total. The van der Waals surface area contributed by atoms with Gasteiger partial charge in [0.05, 0.1) is 6.26 Å². The van der Waals surface area contributed by atoms with E-state index in [1.807, 2.05) is 0 Å². The van der Waals surface area contributed by atoms with Crippen molar-refractivity contribution in [2.24, 2.45) is 0 Å². The summed E-state index contributed by atoms with van der Waals surface area (Å²) in [6.45, 7) is 4.90. The van der Waals surface area contributed by atoms with Crippen LogP contribution in [0.4, 0.5) is 0 Å². The van der Waals surface area contributed by atoms with Gasteiger partial charge in [0.1, 0.15) is 18.3 Å². The zero-order valence-electron chi connectivity index (χ0n) is 12.3. The van der Waals surface area contributed by atoms with E-state index >= 15 is 0 Å². The summed E-state index contributed by atoms with van der Waals surface area (Å²) in [7, 11) is 0. The molecule has 2 fully saturated rings. The van der Waals surface area contributed by atoms with E-state index in [1.165, 1.54) is 12.3 Å². The third kappa shape index (κ3) is 1.97. The van der Waals surface area contributed by atoms with Crippen molar-refractivity contribution in [3.63, 3.8) is 0 Å². The van der Waals surface area contributed by atoms with E-state index in [0.717, 1.165) is 0 Å². The van der Waals surface area contributed by atoms with Crippen molar-refractivity contribution in [1.29, 1.82) is 0 Å². The standard InChI is InChI=1S/C15H18O6/c1-8-9(16)6-12(20-8)15(3)11(18)7-13(21-15)14(2)10(17)4-5-19-14/h4-5,8,12-13H,6-7H2,1-3H3/t8-,12+,13-,14+,15-/m1/s1. The topological polar surface area (TPSA) is 78.9 Å².